The number of nitrogen functional groups attached to an aromatic ring is 1. The van der Waals surface area contributed by atoms with Gasteiger partial charge in [0.05, 0.1) is 34.0 Å². The van der Waals surface area contributed by atoms with Crippen LogP contribution in [0, 0.1) is 11.3 Å². The molecule has 3 aromatic heterocycles. The first-order chi connectivity index (χ1) is 12.7. The van der Waals surface area contributed by atoms with Crippen molar-refractivity contribution in [1.82, 2.24) is 19.7 Å². The zero-order chi connectivity index (χ0) is 18.1. The maximum atomic E-state index is 9.37. The lowest BCUT2D eigenvalue weighted by Gasteiger charge is -2.08. The van der Waals surface area contributed by atoms with Crippen molar-refractivity contribution in [2.24, 2.45) is 0 Å². The number of nitrogens with two attached hydrogens (primary N) is 1. The van der Waals surface area contributed by atoms with E-state index in [0.29, 0.717) is 29.1 Å². The van der Waals surface area contributed by atoms with E-state index in [1.54, 1.807) is 16.9 Å². The highest BCUT2D eigenvalue weighted by molar-refractivity contribution is 9.10. The number of hydrogen-bond donors (Lipinski definition) is 1. The Morgan fingerprint density at radius 2 is 1.96 bits per heavy atom. The first-order valence-corrected chi connectivity index (χ1v) is 8.68. The fourth-order valence-corrected chi connectivity index (χ4v) is 3.42. The highest BCUT2D eigenvalue weighted by atomic mass is 79.9. The summed E-state index contributed by atoms with van der Waals surface area (Å²) in [5.74, 6) is 0.325. The summed E-state index contributed by atoms with van der Waals surface area (Å²) in [5.41, 5.74) is 9.57. The molecule has 0 radical (unpaired) electrons. The van der Waals surface area contributed by atoms with Crippen LogP contribution in [0.5, 0.6) is 0 Å². The molecule has 0 bridgehead atoms. The van der Waals surface area contributed by atoms with Crippen LogP contribution in [0.15, 0.2) is 59.3 Å². The Hall–Kier alpha value is -3.24. The van der Waals surface area contributed by atoms with Crippen molar-refractivity contribution < 1.29 is 0 Å². The topological polar surface area (TPSA) is 93.4 Å². The third kappa shape index (κ3) is 2.80. The number of hydrogen-bond acceptors (Lipinski definition) is 5. The van der Waals surface area contributed by atoms with Crippen molar-refractivity contribution in [3.8, 4) is 17.3 Å². The van der Waals surface area contributed by atoms with Crippen LogP contribution in [0.2, 0.25) is 0 Å². The summed E-state index contributed by atoms with van der Waals surface area (Å²) >= 11 is 3.62. The lowest BCUT2D eigenvalue weighted by molar-refractivity contribution is 0.681. The van der Waals surface area contributed by atoms with Gasteiger partial charge in [-0.15, -0.1) is 0 Å². The highest BCUT2D eigenvalue weighted by Crippen LogP contribution is 2.36. The molecule has 0 fully saturated rings. The molecule has 4 rings (SSSR count). The van der Waals surface area contributed by atoms with Gasteiger partial charge >= 0.3 is 0 Å². The average molecular weight is 405 g/mol. The van der Waals surface area contributed by atoms with Gasteiger partial charge in [-0.2, -0.15) is 10.4 Å². The third-order valence-corrected chi connectivity index (χ3v) is 4.84. The molecule has 1 aromatic carbocycles. The number of nitriles is 1. The second-order valence-electron chi connectivity index (χ2n) is 5.73. The Kier molecular flexibility index (Phi) is 4.11. The summed E-state index contributed by atoms with van der Waals surface area (Å²) in [6.45, 7) is 0.533. The van der Waals surface area contributed by atoms with Crippen molar-refractivity contribution in [3.05, 3.63) is 70.6 Å². The molecule has 26 heavy (non-hydrogen) atoms. The predicted molar refractivity (Wildman–Crippen MR) is 103 cm³/mol. The molecule has 0 unspecified atom stereocenters. The summed E-state index contributed by atoms with van der Waals surface area (Å²) < 4.78 is 2.55. The van der Waals surface area contributed by atoms with Gasteiger partial charge in [-0.3, -0.25) is 9.67 Å². The molecule has 126 valence electrons. The quantitative estimate of drug-likeness (QED) is 0.560. The van der Waals surface area contributed by atoms with E-state index in [1.807, 2.05) is 42.6 Å². The van der Waals surface area contributed by atoms with E-state index in [0.717, 1.165) is 21.1 Å². The molecule has 0 atom stereocenters. The minimum atomic E-state index is 0.325. The molecule has 0 amide bonds. The number of aromatic nitrogens is 4. The van der Waals surface area contributed by atoms with Crippen LogP contribution in [0.25, 0.3) is 22.2 Å². The zero-order valence-corrected chi connectivity index (χ0v) is 15.2. The number of fused-ring (bicyclic) bond motifs is 1. The summed E-state index contributed by atoms with van der Waals surface area (Å²) in [6.07, 6.45) is 3.66. The molecule has 7 heteroatoms. The first kappa shape index (κ1) is 16.2. The summed E-state index contributed by atoms with van der Waals surface area (Å²) in [4.78, 5) is 8.81. The van der Waals surface area contributed by atoms with Crippen LogP contribution in [0.4, 0.5) is 5.82 Å². The molecular formula is C19H13BrN6. The Morgan fingerprint density at radius 1 is 1.15 bits per heavy atom. The van der Waals surface area contributed by atoms with E-state index in [4.69, 9.17) is 5.73 Å². The molecule has 0 aliphatic heterocycles. The summed E-state index contributed by atoms with van der Waals surface area (Å²) in [7, 11) is 0. The van der Waals surface area contributed by atoms with Crippen LogP contribution in [0.1, 0.15) is 11.3 Å². The Balaban J connectivity index is 1.85. The lowest BCUT2D eigenvalue weighted by atomic mass is 10.0. The van der Waals surface area contributed by atoms with Crippen LogP contribution < -0.4 is 5.73 Å². The van der Waals surface area contributed by atoms with Crippen molar-refractivity contribution in [2.45, 2.75) is 6.54 Å². The molecule has 0 saturated carbocycles. The van der Waals surface area contributed by atoms with Gasteiger partial charge in [0.25, 0.3) is 0 Å². The molecule has 0 aliphatic rings. The van der Waals surface area contributed by atoms with E-state index in [1.165, 1.54) is 0 Å². The molecule has 2 N–H and O–H groups in total. The van der Waals surface area contributed by atoms with E-state index in [-0.39, 0.29) is 0 Å². The number of anilines is 1. The molecular weight excluding hydrogens is 392 g/mol. The summed E-state index contributed by atoms with van der Waals surface area (Å²) in [5, 5.41) is 14.8. The fraction of sp³-hybridized carbons (Fsp3) is 0.0526. The molecule has 0 aliphatic carbocycles. The van der Waals surface area contributed by atoms with E-state index in [2.05, 4.69) is 37.1 Å². The second kappa shape index (κ2) is 6.58. The molecule has 6 nitrogen and oxygen atoms in total. The highest BCUT2D eigenvalue weighted by Gasteiger charge is 2.17. The van der Waals surface area contributed by atoms with Gasteiger partial charge in [-0.1, -0.05) is 24.3 Å². The van der Waals surface area contributed by atoms with Crippen molar-refractivity contribution in [3.63, 3.8) is 0 Å². The van der Waals surface area contributed by atoms with Gasteiger partial charge in [-0.05, 0) is 34.1 Å². The van der Waals surface area contributed by atoms with E-state index in [9.17, 15) is 5.26 Å². The maximum Gasteiger partial charge on any atom is 0.152 e. The SMILES string of the molecule is N#Cc1ccccc1-c1nc(N)c2nn(Cc3ccccn3)cc2c1Br. The van der Waals surface area contributed by atoms with Crippen molar-refractivity contribution in [1.29, 1.82) is 5.26 Å². The first-order valence-electron chi connectivity index (χ1n) is 7.89. The lowest BCUT2D eigenvalue weighted by Crippen LogP contribution is -2.02. The van der Waals surface area contributed by atoms with Crippen LogP contribution in [-0.2, 0) is 6.54 Å². The monoisotopic (exact) mass is 404 g/mol. The number of nitrogens with zero attached hydrogens (tertiary/aromatic N) is 5. The van der Waals surface area contributed by atoms with E-state index >= 15 is 0 Å². The molecule has 0 saturated heterocycles. The summed E-state index contributed by atoms with van der Waals surface area (Å²) in [6, 6.07) is 15.3. The normalized spacial score (nSPS) is 10.8. The van der Waals surface area contributed by atoms with Gasteiger partial charge in [0.2, 0.25) is 0 Å². The Labute approximate surface area is 158 Å². The van der Waals surface area contributed by atoms with Crippen molar-refractivity contribution in [2.75, 3.05) is 5.73 Å². The largest absolute Gasteiger partial charge is 0.382 e. The fourth-order valence-electron chi connectivity index (χ4n) is 2.83. The van der Waals surface area contributed by atoms with Crippen LogP contribution in [0.3, 0.4) is 0 Å². The molecule has 4 aromatic rings. The predicted octanol–water partition coefficient (Wildman–Crippen LogP) is 3.76. The standard InChI is InChI=1S/C19H13BrN6/c20-16-15-11-26(10-13-6-3-4-8-23-13)25-18(15)19(22)24-17(16)14-7-2-1-5-12(14)9-21/h1-8,11H,10H2,(H2,22,24). The smallest absolute Gasteiger partial charge is 0.152 e. The third-order valence-electron chi connectivity index (χ3n) is 4.03. The number of halogens is 1. The Bertz CT molecular complexity index is 1140. The van der Waals surface area contributed by atoms with Gasteiger partial charge in [0.1, 0.15) is 5.52 Å². The minimum Gasteiger partial charge on any atom is -0.382 e. The van der Waals surface area contributed by atoms with Gasteiger partial charge in [0.15, 0.2) is 5.82 Å². The van der Waals surface area contributed by atoms with E-state index < -0.39 is 0 Å². The number of pyridine rings is 2. The Morgan fingerprint density at radius 3 is 2.73 bits per heavy atom. The number of rotatable bonds is 3. The zero-order valence-electron chi connectivity index (χ0n) is 13.6. The maximum absolute atomic E-state index is 9.37. The van der Waals surface area contributed by atoms with Gasteiger partial charge in [-0.25, -0.2) is 4.98 Å². The average Bonchev–Trinajstić information content (AvgIpc) is 3.10. The second-order valence-corrected chi connectivity index (χ2v) is 6.52. The minimum absolute atomic E-state index is 0.325. The van der Waals surface area contributed by atoms with Crippen molar-refractivity contribution >= 4 is 32.7 Å². The number of benzene rings is 1. The van der Waals surface area contributed by atoms with Gasteiger partial charge in [0, 0.05) is 23.3 Å². The van der Waals surface area contributed by atoms with Crippen LogP contribution >= 0.6 is 15.9 Å². The molecule has 3 heterocycles. The van der Waals surface area contributed by atoms with Gasteiger partial charge < -0.3 is 5.73 Å². The molecule has 0 spiro atoms. The van der Waals surface area contributed by atoms with Crippen LogP contribution in [-0.4, -0.2) is 19.7 Å².